The molecule has 3 aromatic rings. The molecule has 1 aromatic carbocycles. The van der Waals surface area contributed by atoms with E-state index in [9.17, 15) is 14.4 Å². The molecule has 1 amide bonds. The van der Waals surface area contributed by atoms with Gasteiger partial charge >= 0.3 is 5.69 Å². The van der Waals surface area contributed by atoms with Crippen LogP contribution in [0.2, 0.25) is 0 Å². The van der Waals surface area contributed by atoms with Crippen molar-refractivity contribution in [2.75, 3.05) is 13.1 Å². The van der Waals surface area contributed by atoms with Crippen molar-refractivity contribution in [1.29, 1.82) is 0 Å². The zero-order chi connectivity index (χ0) is 20.5. The normalized spacial score (nSPS) is 15.2. The number of para-hydroxylation sites is 1. The molecule has 8 nitrogen and oxygen atoms in total. The molecule has 0 bridgehead atoms. The summed E-state index contributed by atoms with van der Waals surface area (Å²) < 4.78 is 1.32. The Balaban J connectivity index is 1.43. The van der Waals surface area contributed by atoms with Crippen molar-refractivity contribution in [1.82, 2.24) is 24.6 Å². The first kappa shape index (κ1) is 19.2. The van der Waals surface area contributed by atoms with E-state index in [0.29, 0.717) is 49.7 Å². The molecule has 0 spiro atoms. The molecule has 8 heteroatoms. The Hall–Kier alpha value is -3.16. The number of likely N-dealkylation sites (tertiary alicyclic amines) is 1. The topological polar surface area (TPSA) is 104 Å². The first-order chi connectivity index (χ1) is 14.0. The van der Waals surface area contributed by atoms with E-state index in [4.69, 9.17) is 0 Å². The van der Waals surface area contributed by atoms with Crippen LogP contribution in [-0.2, 0) is 11.2 Å². The average molecular weight is 395 g/mol. The highest BCUT2D eigenvalue weighted by molar-refractivity contribution is 5.77. The highest BCUT2D eigenvalue weighted by Gasteiger charge is 2.26. The maximum absolute atomic E-state index is 12.8. The van der Waals surface area contributed by atoms with Gasteiger partial charge in [-0.05, 0) is 50.8 Å². The lowest BCUT2D eigenvalue weighted by molar-refractivity contribution is -0.132. The minimum Gasteiger partial charge on any atom is -0.343 e. The number of aromatic amines is 2. The van der Waals surface area contributed by atoms with Gasteiger partial charge < -0.3 is 9.88 Å². The quantitative estimate of drug-likeness (QED) is 0.703. The van der Waals surface area contributed by atoms with Crippen molar-refractivity contribution in [3.05, 3.63) is 62.1 Å². The maximum atomic E-state index is 12.8. The molecule has 2 N–H and O–H groups in total. The molecule has 2 aromatic heterocycles. The number of hydrogen-bond acceptors (Lipinski definition) is 4. The monoisotopic (exact) mass is 395 g/mol. The summed E-state index contributed by atoms with van der Waals surface area (Å²) in [6.45, 7) is 4.99. The minimum atomic E-state index is -0.385. The Morgan fingerprint density at radius 1 is 1.17 bits per heavy atom. The van der Waals surface area contributed by atoms with Crippen LogP contribution in [0.5, 0.6) is 0 Å². The molecule has 0 aliphatic carbocycles. The fourth-order valence-corrected chi connectivity index (χ4v) is 4.21. The van der Waals surface area contributed by atoms with Gasteiger partial charge in [-0.15, -0.1) is 0 Å². The molecule has 152 valence electrons. The Labute approximate surface area is 167 Å². The second-order valence-corrected chi connectivity index (χ2v) is 7.68. The number of carbonyl (C=O) groups is 1. The third-order valence-corrected chi connectivity index (χ3v) is 5.89. The molecule has 4 rings (SSSR count). The first-order valence-electron chi connectivity index (χ1n) is 9.97. The smallest absolute Gasteiger partial charge is 0.329 e. The van der Waals surface area contributed by atoms with E-state index in [1.807, 2.05) is 18.7 Å². The van der Waals surface area contributed by atoms with Crippen LogP contribution in [0.1, 0.15) is 42.3 Å². The van der Waals surface area contributed by atoms with Crippen molar-refractivity contribution >= 4 is 16.8 Å². The van der Waals surface area contributed by atoms with Gasteiger partial charge in [0.05, 0.1) is 16.6 Å². The summed E-state index contributed by atoms with van der Waals surface area (Å²) in [4.78, 5) is 42.6. The number of nitrogens with zero attached hydrogens (tertiary/aromatic N) is 3. The summed E-state index contributed by atoms with van der Waals surface area (Å²) in [5, 5.41) is 7.63. The summed E-state index contributed by atoms with van der Waals surface area (Å²) in [6.07, 6.45) is 2.28. The summed E-state index contributed by atoms with van der Waals surface area (Å²) in [5.74, 6) is 0.100. The molecular formula is C21H25N5O3. The molecule has 1 fully saturated rings. The van der Waals surface area contributed by atoms with Gasteiger partial charge in [-0.2, -0.15) is 5.10 Å². The highest BCUT2D eigenvalue weighted by atomic mass is 16.2. The van der Waals surface area contributed by atoms with Gasteiger partial charge in [0.1, 0.15) is 0 Å². The van der Waals surface area contributed by atoms with Crippen LogP contribution in [0.3, 0.4) is 0 Å². The van der Waals surface area contributed by atoms with Crippen LogP contribution in [0.15, 0.2) is 33.9 Å². The van der Waals surface area contributed by atoms with E-state index in [-0.39, 0.29) is 23.2 Å². The molecule has 0 atom stereocenters. The Morgan fingerprint density at radius 3 is 2.59 bits per heavy atom. The number of H-pyrrole nitrogens is 2. The lowest BCUT2D eigenvalue weighted by atomic mass is 10.0. The average Bonchev–Trinajstić information content (AvgIpc) is 3.04. The van der Waals surface area contributed by atoms with Gasteiger partial charge in [0.2, 0.25) is 5.91 Å². The van der Waals surface area contributed by atoms with Crippen molar-refractivity contribution in [3.8, 4) is 0 Å². The van der Waals surface area contributed by atoms with E-state index >= 15 is 0 Å². The van der Waals surface area contributed by atoms with E-state index < -0.39 is 0 Å². The van der Waals surface area contributed by atoms with Crippen molar-refractivity contribution in [3.63, 3.8) is 0 Å². The molecule has 3 heterocycles. The van der Waals surface area contributed by atoms with E-state index in [1.165, 1.54) is 4.57 Å². The van der Waals surface area contributed by atoms with E-state index in [2.05, 4.69) is 15.2 Å². The number of aryl methyl sites for hydroxylation is 2. The van der Waals surface area contributed by atoms with Crippen molar-refractivity contribution < 1.29 is 4.79 Å². The van der Waals surface area contributed by atoms with Gasteiger partial charge in [0.25, 0.3) is 5.56 Å². The third-order valence-electron chi connectivity index (χ3n) is 5.89. The second kappa shape index (κ2) is 7.69. The van der Waals surface area contributed by atoms with Crippen LogP contribution in [0, 0.1) is 13.8 Å². The summed E-state index contributed by atoms with van der Waals surface area (Å²) in [6, 6.07) is 6.84. The first-order valence-corrected chi connectivity index (χ1v) is 9.97. The van der Waals surface area contributed by atoms with Crippen molar-refractivity contribution in [2.24, 2.45) is 0 Å². The molecule has 0 unspecified atom stereocenters. The number of hydrogen-bond donors (Lipinski definition) is 2. The van der Waals surface area contributed by atoms with Crippen LogP contribution >= 0.6 is 0 Å². The lowest BCUT2D eigenvalue weighted by Crippen LogP contribution is -2.45. The van der Waals surface area contributed by atoms with E-state index in [1.54, 1.807) is 24.3 Å². The second-order valence-electron chi connectivity index (χ2n) is 7.68. The summed E-state index contributed by atoms with van der Waals surface area (Å²) >= 11 is 0. The van der Waals surface area contributed by atoms with E-state index in [0.717, 1.165) is 17.0 Å². The molecule has 1 saturated heterocycles. The molecule has 1 aliphatic heterocycles. The minimum absolute atomic E-state index is 0.100. The number of benzene rings is 1. The number of fused-ring (bicyclic) bond motifs is 1. The van der Waals surface area contributed by atoms with Gasteiger partial charge in [-0.25, -0.2) is 4.79 Å². The van der Waals surface area contributed by atoms with Gasteiger partial charge in [0.15, 0.2) is 0 Å². The number of carbonyl (C=O) groups excluding carboxylic acids is 1. The van der Waals surface area contributed by atoms with Crippen molar-refractivity contribution in [2.45, 2.75) is 45.6 Å². The zero-order valence-corrected chi connectivity index (χ0v) is 16.7. The maximum Gasteiger partial charge on any atom is 0.329 e. The Kier molecular flexibility index (Phi) is 5.08. The number of amides is 1. The molecule has 1 aliphatic rings. The Bertz CT molecular complexity index is 1150. The highest BCUT2D eigenvalue weighted by Crippen LogP contribution is 2.22. The van der Waals surface area contributed by atoms with Crippen LogP contribution in [0.4, 0.5) is 0 Å². The zero-order valence-electron chi connectivity index (χ0n) is 16.7. The van der Waals surface area contributed by atoms with Gasteiger partial charge in [-0.1, -0.05) is 12.1 Å². The Morgan fingerprint density at radius 2 is 1.90 bits per heavy atom. The summed E-state index contributed by atoms with van der Waals surface area (Å²) in [7, 11) is 0. The molecule has 0 radical (unpaired) electrons. The standard InChI is InChI=1S/C21H25N5O3/c1-13-16(14(2)24-23-13)7-8-19(27)25-11-9-15(10-12-25)26-20(28)17-5-3-4-6-18(17)22-21(26)29/h3-6,15H,7-12H2,1-2H3,(H,22,29)(H,23,24). The number of nitrogens with one attached hydrogen (secondary N) is 2. The SMILES string of the molecule is Cc1n[nH]c(C)c1CCC(=O)N1CCC(n2c(=O)[nH]c3ccccc3c2=O)CC1. The predicted molar refractivity (Wildman–Crippen MR) is 110 cm³/mol. The fourth-order valence-electron chi connectivity index (χ4n) is 4.21. The third kappa shape index (κ3) is 3.62. The molecule has 29 heavy (non-hydrogen) atoms. The predicted octanol–water partition coefficient (Wildman–Crippen LogP) is 1.83. The van der Waals surface area contributed by atoms with Crippen LogP contribution in [0.25, 0.3) is 10.9 Å². The lowest BCUT2D eigenvalue weighted by Gasteiger charge is -2.32. The van der Waals surface area contributed by atoms with Gasteiger partial charge in [-0.3, -0.25) is 19.3 Å². The van der Waals surface area contributed by atoms with Crippen LogP contribution < -0.4 is 11.2 Å². The van der Waals surface area contributed by atoms with Gasteiger partial charge in [0, 0.05) is 31.2 Å². The van der Waals surface area contributed by atoms with Crippen LogP contribution in [-0.4, -0.2) is 43.6 Å². The number of rotatable bonds is 4. The number of aromatic nitrogens is 4. The largest absolute Gasteiger partial charge is 0.343 e. The number of piperidine rings is 1. The fraction of sp³-hybridized carbons (Fsp3) is 0.429. The molecular weight excluding hydrogens is 370 g/mol. The molecule has 0 saturated carbocycles. The summed E-state index contributed by atoms with van der Waals surface area (Å²) in [5.41, 5.74) is 2.94.